The minimum atomic E-state index is -3.81. The number of Topliss-reactive ketones (excluding diaryl/α,β-unsaturated/α-hetero) is 1. The Labute approximate surface area is 192 Å². The predicted molar refractivity (Wildman–Crippen MR) is 121 cm³/mol. The Morgan fingerprint density at radius 3 is 2.27 bits per heavy atom. The number of carbonyl (C=O) groups excluding carboxylic acids is 2. The van der Waals surface area contributed by atoms with E-state index in [1.165, 1.54) is 32.2 Å². The van der Waals surface area contributed by atoms with Crippen molar-refractivity contribution in [2.45, 2.75) is 30.7 Å². The molecule has 1 saturated carbocycles. The largest absolute Gasteiger partial charge is 0.495 e. The molecule has 0 unspecified atom stereocenters. The van der Waals surface area contributed by atoms with Crippen molar-refractivity contribution in [2.75, 3.05) is 38.2 Å². The maximum absolute atomic E-state index is 14.5. The van der Waals surface area contributed by atoms with Crippen LogP contribution in [0.5, 0.6) is 5.75 Å². The van der Waals surface area contributed by atoms with Gasteiger partial charge < -0.3 is 14.5 Å². The molecule has 33 heavy (non-hydrogen) atoms. The molecular weight excluding hydrogens is 449 g/mol. The molecule has 1 aliphatic heterocycles. The third kappa shape index (κ3) is 5.01. The van der Waals surface area contributed by atoms with Gasteiger partial charge in [0.2, 0.25) is 10.0 Å². The number of nitrogens with one attached hydrogen (secondary N) is 1. The molecule has 1 heterocycles. The number of benzene rings is 2. The number of methoxy groups -OCH3 is 1. The van der Waals surface area contributed by atoms with E-state index in [9.17, 15) is 22.4 Å². The van der Waals surface area contributed by atoms with E-state index >= 15 is 0 Å². The van der Waals surface area contributed by atoms with Crippen molar-refractivity contribution < 1.29 is 27.1 Å². The molecule has 0 spiro atoms. The Morgan fingerprint density at radius 2 is 1.70 bits per heavy atom. The molecule has 1 aliphatic carbocycles. The molecule has 2 aliphatic rings. The first kappa shape index (κ1) is 23.2. The van der Waals surface area contributed by atoms with Gasteiger partial charge in [0.05, 0.1) is 12.8 Å². The Bertz CT molecular complexity index is 1190. The molecule has 1 saturated heterocycles. The first-order valence-corrected chi connectivity index (χ1v) is 12.2. The van der Waals surface area contributed by atoms with Crippen LogP contribution in [0.3, 0.4) is 0 Å². The minimum absolute atomic E-state index is 0.0611. The molecule has 0 radical (unpaired) electrons. The highest BCUT2D eigenvalue weighted by Crippen LogP contribution is 2.29. The number of hydrogen-bond donors (Lipinski definition) is 1. The molecule has 176 valence electrons. The maximum atomic E-state index is 14.5. The normalized spacial score (nSPS) is 16.6. The highest BCUT2D eigenvalue weighted by Gasteiger charge is 2.31. The number of rotatable bonds is 7. The van der Waals surface area contributed by atoms with Gasteiger partial charge in [-0.2, -0.15) is 0 Å². The lowest BCUT2D eigenvalue weighted by molar-refractivity contribution is 0.0746. The van der Waals surface area contributed by atoms with Crippen molar-refractivity contribution in [3.05, 3.63) is 53.3 Å². The van der Waals surface area contributed by atoms with E-state index < -0.39 is 15.8 Å². The molecule has 2 aromatic rings. The highest BCUT2D eigenvalue weighted by molar-refractivity contribution is 7.89. The summed E-state index contributed by atoms with van der Waals surface area (Å²) in [6.07, 6.45) is 1.59. The summed E-state index contributed by atoms with van der Waals surface area (Å²) in [6, 6.07) is 8.70. The zero-order valence-electron chi connectivity index (χ0n) is 18.5. The van der Waals surface area contributed by atoms with Crippen LogP contribution in [0.25, 0.3) is 0 Å². The summed E-state index contributed by atoms with van der Waals surface area (Å²) >= 11 is 0. The average Bonchev–Trinajstić information content (AvgIpc) is 3.61. The van der Waals surface area contributed by atoms with Crippen molar-refractivity contribution in [2.24, 2.45) is 0 Å². The Kier molecular flexibility index (Phi) is 6.40. The van der Waals surface area contributed by atoms with Gasteiger partial charge in [-0.1, -0.05) is 0 Å². The first-order chi connectivity index (χ1) is 15.7. The molecule has 0 aromatic heterocycles. The van der Waals surface area contributed by atoms with Crippen LogP contribution in [-0.2, 0) is 10.0 Å². The molecule has 0 atom stereocenters. The second-order valence-electron chi connectivity index (χ2n) is 8.26. The van der Waals surface area contributed by atoms with E-state index in [1.54, 1.807) is 23.1 Å². The lowest BCUT2D eigenvalue weighted by Gasteiger charge is -2.36. The third-order valence-electron chi connectivity index (χ3n) is 5.86. The van der Waals surface area contributed by atoms with E-state index in [-0.39, 0.29) is 33.9 Å². The van der Waals surface area contributed by atoms with Gasteiger partial charge >= 0.3 is 0 Å². The third-order valence-corrected chi connectivity index (χ3v) is 7.40. The van der Waals surface area contributed by atoms with Gasteiger partial charge in [0.25, 0.3) is 5.91 Å². The lowest BCUT2D eigenvalue weighted by atomic mass is 10.1. The van der Waals surface area contributed by atoms with Gasteiger partial charge in [-0.15, -0.1) is 0 Å². The van der Waals surface area contributed by atoms with Crippen LogP contribution < -0.4 is 14.4 Å². The van der Waals surface area contributed by atoms with Gasteiger partial charge in [-0.3, -0.25) is 9.59 Å². The fraction of sp³-hybridized carbons (Fsp3) is 0.391. The fourth-order valence-electron chi connectivity index (χ4n) is 3.82. The standard InChI is InChI=1S/C23H26FN3O5S/c1-15(28)16-3-7-20(19(24)13-16)26-9-11-27(12-10-26)23(29)17-4-8-21(32-2)22(14-17)33(30,31)25-18-5-6-18/h3-4,7-8,13-14,18,25H,5-6,9-12H2,1-2H3. The summed E-state index contributed by atoms with van der Waals surface area (Å²) in [5.74, 6) is -0.804. The molecular formula is C23H26FN3O5S. The number of piperazine rings is 1. The van der Waals surface area contributed by atoms with Crippen molar-refractivity contribution in [1.29, 1.82) is 0 Å². The minimum Gasteiger partial charge on any atom is -0.495 e. The van der Waals surface area contributed by atoms with Crippen molar-refractivity contribution in [1.82, 2.24) is 9.62 Å². The van der Waals surface area contributed by atoms with Crippen LogP contribution in [0.2, 0.25) is 0 Å². The van der Waals surface area contributed by atoms with Crippen molar-refractivity contribution in [3.8, 4) is 5.75 Å². The Morgan fingerprint density at radius 1 is 1.03 bits per heavy atom. The van der Waals surface area contributed by atoms with Gasteiger partial charge in [-0.25, -0.2) is 17.5 Å². The quantitative estimate of drug-likeness (QED) is 0.618. The van der Waals surface area contributed by atoms with Crippen LogP contribution in [0, 0.1) is 5.82 Å². The van der Waals surface area contributed by atoms with Crippen molar-refractivity contribution in [3.63, 3.8) is 0 Å². The second-order valence-corrected chi connectivity index (χ2v) is 9.95. The Balaban J connectivity index is 1.48. The van der Waals surface area contributed by atoms with Crippen LogP contribution in [-0.4, -0.2) is 64.3 Å². The lowest BCUT2D eigenvalue weighted by Crippen LogP contribution is -2.49. The Hall–Kier alpha value is -2.98. The first-order valence-electron chi connectivity index (χ1n) is 10.7. The SMILES string of the molecule is COc1ccc(C(=O)N2CCN(c3ccc(C(C)=O)cc3F)CC2)cc1S(=O)(=O)NC1CC1. The molecule has 8 nitrogen and oxygen atoms in total. The number of sulfonamides is 1. The van der Waals surface area contributed by atoms with Crippen LogP contribution in [0.4, 0.5) is 10.1 Å². The number of ketones is 1. The number of hydrogen-bond acceptors (Lipinski definition) is 6. The summed E-state index contributed by atoms with van der Waals surface area (Å²) in [5, 5.41) is 0. The number of anilines is 1. The predicted octanol–water partition coefficient (Wildman–Crippen LogP) is 2.44. The highest BCUT2D eigenvalue weighted by atomic mass is 32.2. The second kappa shape index (κ2) is 9.11. The summed E-state index contributed by atoms with van der Waals surface area (Å²) in [5.41, 5.74) is 0.944. The van der Waals surface area contributed by atoms with E-state index in [1.807, 2.05) is 4.90 Å². The zero-order valence-corrected chi connectivity index (χ0v) is 19.3. The smallest absolute Gasteiger partial charge is 0.254 e. The zero-order chi connectivity index (χ0) is 23.8. The number of amides is 1. The van der Waals surface area contributed by atoms with E-state index in [0.29, 0.717) is 37.4 Å². The van der Waals surface area contributed by atoms with Gasteiger partial charge in [0.15, 0.2) is 5.78 Å². The summed E-state index contributed by atoms with van der Waals surface area (Å²) < 4.78 is 47.8. The topological polar surface area (TPSA) is 96.0 Å². The maximum Gasteiger partial charge on any atom is 0.254 e. The molecule has 0 bridgehead atoms. The van der Waals surface area contributed by atoms with E-state index in [4.69, 9.17) is 4.74 Å². The number of carbonyl (C=O) groups is 2. The van der Waals surface area contributed by atoms with Crippen LogP contribution in [0.1, 0.15) is 40.5 Å². The summed E-state index contributed by atoms with van der Waals surface area (Å²) in [4.78, 5) is 27.9. The number of nitrogens with zero attached hydrogens (tertiary/aromatic N) is 2. The van der Waals surface area contributed by atoms with Gasteiger partial charge in [0.1, 0.15) is 16.5 Å². The number of halogens is 1. The molecule has 1 N–H and O–H groups in total. The van der Waals surface area contributed by atoms with Gasteiger partial charge in [0, 0.05) is 43.3 Å². The van der Waals surface area contributed by atoms with E-state index in [0.717, 1.165) is 12.8 Å². The average molecular weight is 476 g/mol. The fourth-order valence-corrected chi connectivity index (χ4v) is 5.32. The molecule has 10 heteroatoms. The molecule has 2 fully saturated rings. The monoisotopic (exact) mass is 475 g/mol. The van der Waals surface area contributed by atoms with Crippen molar-refractivity contribution >= 4 is 27.4 Å². The summed E-state index contributed by atoms with van der Waals surface area (Å²) in [7, 11) is -2.42. The van der Waals surface area contributed by atoms with E-state index in [2.05, 4.69) is 4.72 Å². The van der Waals surface area contributed by atoms with Gasteiger partial charge in [-0.05, 0) is 56.2 Å². The van der Waals surface area contributed by atoms with Crippen LogP contribution >= 0.6 is 0 Å². The molecule has 1 amide bonds. The molecule has 4 rings (SSSR count). The summed E-state index contributed by atoms with van der Waals surface area (Å²) in [6.45, 7) is 2.90. The molecule has 2 aromatic carbocycles. The number of ether oxygens (including phenoxy) is 1. The van der Waals surface area contributed by atoms with Crippen LogP contribution in [0.15, 0.2) is 41.3 Å².